The van der Waals surface area contributed by atoms with Gasteiger partial charge in [-0.1, -0.05) is 26.7 Å². The Balaban J connectivity index is 0.000001000. The maximum absolute atomic E-state index is 3.58. The lowest BCUT2D eigenvalue weighted by atomic mass is 10.00. The van der Waals surface area contributed by atoms with Crippen molar-refractivity contribution in [2.24, 2.45) is 5.92 Å². The van der Waals surface area contributed by atoms with Crippen LogP contribution in [0.15, 0.2) is 0 Å². The number of hydrogen-bond donors (Lipinski definition) is 1. The molecule has 1 N–H and O–H groups in total. The van der Waals surface area contributed by atoms with Crippen LogP contribution in [-0.4, -0.2) is 12.6 Å². The first-order valence-electron chi connectivity index (χ1n) is 4.54. The zero-order chi connectivity index (χ0) is 7.40. The lowest BCUT2D eigenvalue weighted by Gasteiger charge is -2.19. The van der Waals surface area contributed by atoms with Crippen LogP contribution in [0.3, 0.4) is 0 Å². The van der Waals surface area contributed by atoms with Gasteiger partial charge in [0.15, 0.2) is 0 Å². The molecule has 0 aliphatic carbocycles. The van der Waals surface area contributed by atoms with Crippen LogP contribution in [0.5, 0.6) is 0 Å². The molecule has 0 aromatic heterocycles. The fourth-order valence-corrected chi connectivity index (χ4v) is 1.62. The van der Waals surface area contributed by atoms with Crippen molar-refractivity contribution < 1.29 is 0 Å². The molecular weight excluding hydrogens is 158 g/mol. The first-order chi connectivity index (χ1) is 4.80. The molecule has 1 atom stereocenters. The summed E-state index contributed by atoms with van der Waals surface area (Å²) in [6.07, 6.45) is 5.62. The quantitative estimate of drug-likeness (QED) is 0.650. The van der Waals surface area contributed by atoms with Gasteiger partial charge in [-0.15, -0.1) is 12.4 Å². The maximum atomic E-state index is 3.58. The summed E-state index contributed by atoms with van der Waals surface area (Å²) in [7, 11) is 0. The molecule has 1 rings (SSSR count). The minimum atomic E-state index is 0. The Morgan fingerprint density at radius 2 is 1.91 bits per heavy atom. The van der Waals surface area contributed by atoms with E-state index in [1.54, 1.807) is 0 Å². The fraction of sp³-hybridized carbons (Fsp3) is 1.00. The van der Waals surface area contributed by atoms with Crippen LogP contribution < -0.4 is 5.32 Å². The molecule has 0 bridgehead atoms. The monoisotopic (exact) mass is 177 g/mol. The minimum absolute atomic E-state index is 0. The Hall–Kier alpha value is 0.250. The zero-order valence-corrected chi connectivity index (χ0v) is 8.41. The van der Waals surface area contributed by atoms with Gasteiger partial charge in [0.05, 0.1) is 0 Å². The highest BCUT2D eigenvalue weighted by Gasteiger charge is 2.13. The van der Waals surface area contributed by atoms with Gasteiger partial charge in [-0.2, -0.15) is 0 Å². The van der Waals surface area contributed by atoms with Crippen molar-refractivity contribution in [3.05, 3.63) is 0 Å². The summed E-state index contributed by atoms with van der Waals surface area (Å²) in [4.78, 5) is 0. The number of nitrogens with one attached hydrogen (secondary N) is 1. The van der Waals surface area contributed by atoms with Crippen molar-refractivity contribution in [2.45, 2.75) is 45.6 Å². The van der Waals surface area contributed by atoms with Crippen LogP contribution >= 0.6 is 12.4 Å². The Morgan fingerprint density at radius 3 is 2.55 bits per heavy atom. The molecule has 0 radical (unpaired) electrons. The molecule has 0 spiro atoms. The first kappa shape index (κ1) is 11.2. The van der Waals surface area contributed by atoms with Gasteiger partial charge in [0.2, 0.25) is 0 Å². The molecular formula is C9H20ClN. The molecule has 0 saturated carbocycles. The molecule has 1 unspecified atom stereocenters. The summed E-state index contributed by atoms with van der Waals surface area (Å²) in [6, 6.07) is 0.794. The third-order valence-corrected chi connectivity index (χ3v) is 2.40. The highest BCUT2D eigenvalue weighted by molar-refractivity contribution is 5.85. The van der Waals surface area contributed by atoms with E-state index in [2.05, 4.69) is 19.2 Å². The van der Waals surface area contributed by atoms with Crippen LogP contribution in [0.1, 0.15) is 39.5 Å². The Labute approximate surface area is 76.4 Å². The molecule has 1 heterocycles. The van der Waals surface area contributed by atoms with Crippen LogP contribution in [0.4, 0.5) is 0 Å². The SMILES string of the molecule is CC(C)C1CCCCCN1.Cl. The van der Waals surface area contributed by atoms with Gasteiger partial charge in [-0.05, 0) is 25.3 Å². The Bertz CT molecular complexity index is 85.6. The van der Waals surface area contributed by atoms with Gasteiger partial charge in [-0.25, -0.2) is 0 Å². The van der Waals surface area contributed by atoms with Crippen LogP contribution in [-0.2, 0) is 0 Å². The average Bonchev–Trinajstić information content (AvgIpc) is 2.12. The van der Waals surface area contributed by atoms with E-state index in [0.29, 0.717) is 0 Å². The number of halogens is 1. The number of hydrogen-bond acceptors (Lipinski definition) is 1. The zero-order valence-electron chi connectivity index (χ0n) is 7.60. The van der Waals surface area contributed by atoms with Crippen molar-refractivity contribution >= 4 is 12.4 Å². The largest absolute Gasteiger partial charge is 0.314 e. The van der Waals surface area contributed by atoms with E-state index in [-0.39, 0.29) is 12.4 Å². The van der Waals surface area contributed by atoms with Crippen molar-refractivity contribution in [3.63, 3.8) is 0 Å². The second-order valence-electron chi connectivity index (χ2n) is 3.65. The predicted molar refractivity (Wildman–Crippen MR) is 52.3 cm³/mol. The van der Waals surface area contributed by atoms with Crippen molar-refractivity contribution in [2.75, 3.05) is 6.54 Å². The molecule has 0 aromatic rings. The fourth-order valence-electron chi connectivity index (χ4n) is 1.62. The lowest BCUT2D eigenvalue weighted by Crippen LogP contribution is -2.32. The van der Waals surface area contributed by atoms with Gasteiger partial charge in [-0.3, -0.25) is 0 Å². The summed E-state index contributed by atoms with van der Waals surface area (Å²) >= 11 is 0. The molecule has 1 aliphatic rings. The van der Waals surface area contributed by atoms with Gasteiger partial charge in [0.25, 0.3) is 0 Å². The second-order valence-corrected chi connectivity index (χ2v) is 3.65. The summed E-state index contributed by atoms with van der Waals surface area (Å²) < 4.78 is 0. The Kier molecular flexibility index (Phi) is 5.98. The average molecular weight is 178 g/mol. The highest BCUT2D eigenvalue weighted by Crippen LogP contribution is 2.14. The normalized spacial score (nSPS) is 25.9. The summed E-state index contributed by atoms with van der Waals surface area (Å²) in [5.41, 5.74) is 0. The Morgan fingerprint density at radius 1 is 1.18 bits per heavy atom. The first-order valence-corrected chi connectivity index (χ1v) is 4.54. The van der Waals surface area contributed by atoms with E-state index in [0.717, 1.165) is 12.0 Å². The van der Waals surface area contributed by atoms with Gasteiger partial charge >= 0.3 is 0 Å². The summed E-state index contributed by atoms with van der Waals surface area (Å²) in [5.74, 6) is 0.818. The molecule has 68 valence electrons. The van der Waals surface area contributed by atoms with E-state index in [1.807, 2.05) is 0 Å². The molecule has 0 aromatic carbocycles. The van der Waals surface area contributed by atoms with Gasteiger partial charge in [0.1, 0.15) is 0 Å². The van der Waals surface area contributed by atoms with E-state index in [9.17, 15) is 0 Å². The molecule has 0 amide bonds. The van der Waals surface area contributed by atoms with Crippen LogP contribution in [0, 0.1) is 5.92 Å². The molecule has 1 fully saturated rings. The molecule has 1 nitrogen and oxygen atoms in total. The van der Waals surface area contributed by atoms with E-state index in [1.165, 1.54) is 32.2 Å². The summed E-state index contributed by atoms with van der Waals surface area (Å²) in [5, 5.41) is 3.58. The smallest absolute Gasteiger partial charge is 0.00900 e. The maximum Gasteiger partial charge on any atom is 0.00900 e. The molecule has 1 aliphatic heterocycles. The van der Waals surface area contributed by atoms with Gasteiger partial charge in [0, 0.05) is 6.04 Å². The van der Waals surface area contributed by atoms with Crippen LogP contribution in [0.25, 0.3) is 0 Å². The van der Waals surface area contributed by atoms with E-state index in [4.69, 9.17) is 0 Å². The van der Waals surface area contributed by atoms with Gasteiger partial charge < -0.3 is 5.32 Å². The third kappa shape index (κ3) is 3.97. The highest BCUT2D eigenvalue weighted by atomic mass is 35.5. The number of rotatable bonds is 1. The third-order valence-electron chi connectivity index (χ3n) is 2.40. The second kappa shape index (κ2) is 5.84. The van der Waals surface area contributed by atoms with E-state index >= 15 is 0 Å². The summed E-state index contributed by atoms with van der Waals surface area (Å²) in [6.45, 7) is 5.86. The molecule has 1 saturated heterocycles. The standard InChI is InChI=1S/C9H19N.ClH/c1-8(2)9-6-4-3-5-7-10-9;/h8-10H,3-7H2,1-2H3;1H. The van der Waals surface area contributed by atoms with Crippen molar-refractivity contribution in [3.8, 4) is 0 Å². The molecule has 2 heteroatoms. The predicted octanol–water partition coefficient (Wildman–Crippen LogP) is 2.60. The van der Waals surface area contributed by atoms with Crippen LogP contribution in [0.2, 0.25) is 0 Å². The molecule has 11 heavy (non-hydrogen) atoms. The van der Waals surface area contributed by atoms with Crippen molar-refractivity contribution in [1.29, 1.82) is 0 Å². The van der Waals surface area contributed by atoms with E-state index < -0.39 is 0 Å². The van der Waals surface area contributed by atoms with Crippen molar-refractivity contribution in [1.82, 2.24) is 5.32 Å². The lowest BCUT2D eigenvalue weighted by molar-refractivity contribution is 0.395. The topological polar surface area (TPSA) is 12.0 Å². The minimum Gasteiger partial charge on any atom is -0.314 e.